The van der Waals surface area contributed by atoms with Gasteiger partial charge in [-0.2, -0.15) is 5.10 Å². The van der Waals surface area contributed by atoms with Crippen LogP contribution in [-0.2, 0) is 23.9 Å². The Morgan fingerprint density at radius 3 is 1.93 bits per heavy atom. The van der Waals surface area contributed by atoms with Crippen LogP contribution in [-0.4, -0.2) is 50.2 Å². The minimum absolute atomic E-state index is 0.141. The average Bonchev–Trinajstić information content (AvgIpc) is 2.83. The van der Waals surface area contributed by atoms with Crippen molar-refractivity contribution >= 4 is 24.0 Å². The summed E-state index contributed by atoms with van der Waals surface area (Å²) in [5, 5.41) is 22.6. The average molecular weight is 398 g/mol. The van der Waals surface area contributed by atoms with Gasteiger partial charge < -0.3 is 19.7 Å². The fourth-order valence-electron chi connectivity index (χ4n) is 1.18. The molecule has 1 unspecified atom stereocenters. The number of aliphatic carboxylic acids is 1. The van der Waals surface area contributed by atoms with Crippen molar-refractivity contribution < 1.29 is 34.1 Å². The Balaban J connectivity index is 0. The van der Waals surface area contributed by atoms with Crippen LogP contribution in [0.1, 0.15) is 45.4 Å². The highest BCUT2D eigenvalue weighted by molar-refractivity contribution is 6.19. The summed E-state index contributed by atoms with van der Waals surface area (Å²) in [4.78, 5) is 48.7. The van der Waals surface area contributed by atoms with E-state index in [2.05, 4.69) is 14.9 Å². The van der Waals surface area contributed by atoms with E-state index in [4.69, 9.17) is 19.8 Å². The normalized spacial score (nSPS) is 16.5. The topological polar surface area (TPSA) is 164 Å². The number of aldehydes is 1. The first-order valence-corrected chi connectivity index (χ1v) is 8.11. The van der Waals surface area contributed by atoms with E-state index in [0.717, 1.165) is 11.3 Å². The van der Waals surface area contributed by atoms with Gasteiger partial charge in [-0.05, 0) is 33.3 Å². The van der Waals surface area contributed by atoms with Gasteiger partial charge in [-0.1, -0.05) is 6.92 Å². The van der Waals surface area contributed by atoms with Crippen molar-refractivity contribution in [2.24, 2.45) is 0 Å². The molecule has 0 saturated carbocycles. The molecule has 0 fully saturated rings. The van der Waals surface area contributed by atoms with Gasteiger partial charge in [0.2, 0.25) is 12.1 Å². The predicted octanol–water partition coefficient (Wildman–Crippen LogP) is 0.840. The molecule has 2 heterocycles. The van der Waals surface area contributed by atoms with Crippen LogP contribution in [0.4, 0.5) is 0 Å². The van der Waals surface area contributed by atoms with E-state index in [9.17, 15) is 14.4 Å². The van der Waals surface area contributed by atoms with E-state index in [0.29, 0.717) is 12.0 Å². The third kappa shape index (κ3) is 13.1. The quantitative estimate of drug-likeness (QED) is 0.372. The first-order valence-electron chi connectivity index (χ1n) is 8.11. The number of nitrogens with one attached hydrogen (secondary N) is 1. The summed E-state index contributed by atoms with van der Waals surface area (Å²) in [7, 11) is 0. The SMILES string of the molecule is CC1=CC(=O)OC1(C)O.CCC(C)=O.Cc1cc(=O)[nH]nc1C.O=CC(=O)O. The van der Waals surface area contributed by atoms with Crippen LogP contribution in [0, 0.1) is 13.8 Å². The van der Waals surface area contributed by atoms with Crippen LogP contribution in [0.3, 0.4) is 0 Å². The highest BCUT2D eigenvalue weighted by Gasteiger charge is 2.32. The van der Waals surface area contributed by atoms with Crippen molar-refractivity contribution in [1.82, 2.24) is 10.2 Å². The Hall–Kier alpha value is -3.14. The molecule has 1 aliphatic rings. The van der Waals surface area contributed by atoms with Crippen LogP contribution >= 0.6 is 0 Å². The van der Waals surface area contributed by atoms with E-state index >= 15 is 0 Å². The highest BCUT2D eigenvalue weighted by Crippen LogP contribution is 2.23. The molecule has 0 aromatic carbocycles. The van der Waals surface area contributed by atoms with Gasteiger partial charge in [-0.3, -0.25) is 9.59 Å². The molecular formula is C18H26N2O8. The molecule has 0 aliphatic carbocycles. The zero-order chi connectivity index (χ0) is 22.5. The molecule has 10 nitrogen and oxygen atoms in total. The number of Topliss-reactive ketones (excluding diaryl/α,β-unsaturated/α-hetero) is 1. The number of nitrogens with zero attached hydrogens (tertiary/aromatic N) is 1. The fourth-order valence-corrected chi connectivity index (χ4v) is 1.18. The molecule has 0 saturated heterocycles. The number of aryl methyl sites for hydroxylation is 2. The minimum atomic E-state index is -1.43. The van der Waals surface area contributed by atoms with Gasteiger partial charge in [-0.25, -0.2) is 14.7 Å². The number of carboxylic acid groups (broad SMARTS) is 1. The molecule has 3 N–H and O–H groups in total. The summed E-state index contributed by atoms with van der Waals surface area (Å²) in [6.45, 7) is 10.2. The molecule has 10 heteroatoms. The second-order valence-corrected chi connectivity index (χ2v) is 5.74. The third-order valence-electron chi connectivity index (χ3n) is 3.22. The number of carboxylic acids is 1. The Morgan fingerprint density at radius 2 is 1.75 bits per heavy atom. The molecule has 0 radical (unpaired) electrons. The highest BCUT2D eigenvalue weighted by atomic mass is 16.7. The Labute approximate surface area is 162 Å². The summed E-state index contributed by atoms with van der Waals surface area (Å²) >= 11 is 0. The van der Waals surface area contributed by atoms with E-state index in [1.807, 2.05) is 20.8 Å². The monoisotopic (exact) mass is 398 g/mol. The molecule has 2 rings (SSSR count). The standard InChI is InChI=1S/C6H8N2O.C6H8O3.C4H8O.C2H2O3/c1-4-3-6(9)8-7-5(4)2;1-4-3-5(7)9-6(4,2)8;1-3-4(2)5;3-1-2(4)5/h3H,1-2H3,(H,8,9);3,8H,1-2H3;3H2,1-2H3;1H,(H,4,5). The van der Waals surface area contributed by atoms with Gasteiger partial charge >= 0.3 is 11.9 Å². The third-order valence-corrected chi connectivity index (χ3v) is 3.22. The summed E-state index contributed by atoms with van der Waals surface area (Å²) in [5.74, 6) is -3.01. The second-order valence-electron chi connectivity index (χ2n) is 5.74. The molecule has 0 spiro atoms. The number of cyclic esters (lactones) is 1. The number of H-pyrrole nitrogens is 1. The lowest BCUT2D eigenvalue weighted by Crippen LogP contribution is -2.25. The summed E-state index contributed by atoms with van der Waals surface area (Å²) < 4.78 is 4.48. The molecule has 0 amide bonds. The van der Waals surface area contributed by atoms with Crippen LogP contribution in [0.25, 0.3) is 0 Å². The van der Waals surface area contributed by atoms with Crippen LogP contribution in [0.5, 0.6) is 0 Å². The maximum Gasteiger partial charge on any atom is 0.368 e. The number of ketones is 1. The number of rotatable bonds is 2. The number of aliphatic hydroxyl groups is 1. The number of aromatic nitrogens is 2. The number of aromatic amines is 1. The van der Waals surface area contributed by atoms with Crippen molar-refractivity contribution in [3.63, 3.8) is 0 Å². The first-order chi connectivity index (χ1) is 12.8. The first kappa shape index (κ1) is 27.1. The molecule has 0 bridgehead atoms. The number of carbonyl (C=O) groups is 4. The van der Waals surface area contributed by atoms with Gasteiger partial charge in [0.15, 0.2) is 0 Å². The molecule has 156 valence electrons. The molecule has 28 heavy (non-hydrogen) atoms. The van der Waals surface area contributed by atoms with Crippen LogP contribution < -0.4 is 5.56 Å². The summed E-state index contributed by atoms with van der Waals surface area (Å²) in [5.41, 5.74) is 2.21. The zero-order valence-corrected chi connectivity index (χ0v) is 16.7. The number of ether oxygens (including phenoxy) is 1. The lowest BCUT2D eigenvalue weighted by molar-refractivity contribution is -0.174. The van der Waals surface area contributed by atoms with Gasteiger partial charge in [-0.15, -0.1) is 0 Å². The smallest absolute Gasteiger partial charge is 0.368 e. The molecule has 1 aromatic rings. The maximum absolute atomic E-state index is 10.5. The number of carbonyl (C=O) groups excluding carboxylic acids is 3. The Morgan fingerprint density at radius 1 is 1.29 bits per heavy atom. The van der Waals surface area contributed by atoms with Gasteiger partial charge in [0.25, 0.3) is 5.56 Å². The van der Waals surface area contributed by atoms with Crippen molar-refractivity contribution in [2.45, 2.75) is 53.8 Å². The number of esters is 1. The lowest BCUT2D eigenvalue weighted by atomic mass is 10.1. The predicted molar refractivity (Wildman–Crippen MR) is 99.5 cm³/mol. The summed E-state index contributed by atoms with van der Waals surface area (Å²) in [6, 6.07) is 1.53. The second kappa shape index (κ2) is 13.1. The largest absolute Gasteiger partial charge is 0.476 e. The van der Waals surface area contributed by atoms with Gasteiger partial charge in [0.1, 0.15) is 5.78 Å². The molecule has 1 atom stereocenters. The van der Waals surface area contributed by atoms with E-state index in [-0.39, 0.29) is 17.6 Å². The number of hydrogen-bond acceptors (Lipinski definition) is 8. The zero-order valence-electron chi connectivity index (χ0n) is 16.7. The van der Waals surface area contributed by atoms with Crippen molar-refractivity contribution in [3.05, 3.63) is 39.3 Å². The van der Waals surface area contributed by atoms with Crippen LogP contribution in [0.2, 0.25) is 0 Å². The Bertz CT molecular complexity index is 778. The molecular weight excluding hydrogens is 372 g/mol. The van der Waals surface area contributed by atoms with Crippen molar-refractivity contribution in [3.8, 4) is 0 Å². The van der Waals surface area contributed by atoms with Crippen molar-refractivity contribution in [2.75, 3.05) is 0 Å². The van der Waals surface area contributed by atoms with Crippen LogP contribution in [0.15, 0.2) is 22.5 Å². The maximum atomic E-state index is 10.5. The summed E-state index contributed by atoms with van der Waals surface area (Å²) in [6.07, 6.45) is 1.78. The molecule has 1 aromatic heterocycles. The molecule has 1 aliphatic heterocycles. The van der Waals surface area contributed by atoms with E-state index < -0.39 is 17.7 Å². The van der Waals surface area contributed by atoms with E-state index in [1.165, 1.54) is 19.1 Å². The minimum Gasteiger partial charge on any atom is -0.476 e. The van der Waals surface area contributed by atoms with Crippen molar-refractivity contribution in [1.29, 1.82) is 0 Å². The number of hydrogen-bond donors (Lipinski definition) is 3. The van der Waals surface area contributed by atoms with Gasteiger partial charge in [0.05, 0.1) is 5.69 Å². The van der Waals surface area contributed by atoms with E-state index in [1.54, 1.807) is 13.8 Å². The lowest BCUT2D eigenvalue weighted by Gasteiger charge is -2.16. The Kier molecular flexibility index (Phi) is 12.7. The van der Waals surface area contributed by atoms with Gasteiger partial charge in [0, 0.05) is 31.1 Å². The fraction of sp³-hybridized carbons (Fsp3) is 0.444.